The van der Waals surface area contributed by atoms with Gasteiger partial charge in [0, 0.05) is 11.2 Å². The molecule has 1 aromatic heterocycles. The van der Waals surface area contributed by atoms with Gasteiger partial charge in [-0.1, -0.05) is 48.8 Å². The van der Waals surface area contributed by atoms with E-state index < -0.39 is 0 Å². The van der Waals surface area contributed by atoms with E-state index in [1.165, 1.54) is 0 Å². The molecule has 0 aliphatic rings. The van der Waals surface area contributed by atoms with Crippen LogP contribution in [-0.4, -0.2) is 9.81 Å². The maximum absolute atomic E-state index is 5.73. The lowest BCUT2D eigenvalue weighted by molar-refractivity contribution is 0.390. The highest BCUT2D eigenvalue weighted by Gasteiger charge is 2.20. The summed E-state index contributed by atoms with van der Waals surface area (Å²) in [7, 11) is 0. The second kappa shape index (κ2) is 5.21. The Bertz CT molecular complexity index is 459. The van der Waals surface area contributed by atoms with Crippen LogP contribution in [0.1, 0.15) is 26.7 Å². The van der Waals surface area contributed by atoms with Crippen molar-refractivity contribution in [2.24, 2.45) is 11.8 Å². The first-order valence-corrected chi connectivity index (χ1v) is 6.98. The second-order valence-corrected chi connectivity index (χ2v) is 6.07. The third-order valence-corrected chi connectivity index (χ3v) is 4.49. The lowest BCUT2D eigenvalue weighted by atomic mass is 9.93. The van der Waals surface area contributed by atoms with E-state index in [-0.39, 0.29) is 0 Å². The molecule has 0 N–H and O–H groups in total. The summed E-state index contributed by atoms with van der Waals surface area (Å²) in [6.45, 7) is 6.74. The molecule has 92 valence electrons. The van der Waals surface area contributed by atoms with Crippen molar-refractivity contribution in [2.75, 3.05) is 0 Å². The molecule has 0 saturated carbocycles. The monoisotopic (exact) mass is 295 g/mol. The minimum atomic E-state index is 0.413. The normalized spacial score (nSPS) is 15.4. The average Bonchev–Trinajstić information content (AvgIpc) is 2.69. The van der Waals surface area contributed by atoms with Crippen LogP contribution in [0.15, 0.2) is 28.7 Å². The van der Waals surface area contributed by atoms with Crippen LogP contribution in [0.4, 0.5) is 0 Å². The molecule has 2 aromatic rings. The fourth-order valence-corrected chi connectivity index (χ4v) is 2.66. The SMILES string of the molecule is CC(C)C(C)C(Br)Cc1nc2ccccc2o1. The number of para-hydroxylation sites is 2. The number of nitrogens with zero attached hydrogens (tertiary/aromatic N) is 1. The highest BCUT2D eigenvalue weighted by atomic mass is 79.9. The number of halogens is 1. The number of benzene rings is 1. The molecule has 0 fully saturated rings. The van der Waals surface area contributed by atoms with E-state index in [9.17, 15) is 0 Å². The zero-order valence-corrected chi connectivity index (χ0v) is 12.1. The summed E-state index contributed by atoms with van der Waals surface area (Å²) in [6, 6.07) is 7.90. The Labute approximate surface area is 111 Å². The van der Waals surface area contributed by atoms with Crippen molar-refractivity contribution in [3.8, 4) is 0 Å². The van der Waals surface area contributed by atoms with Crippen LogP contribution in [0.2, 0.25) is 0 Å². The molecule has 3 heteroatoms. The van der Waals surface area contributed by atoms with Gasteiger partial charge in [0.25, 0.3) is 0 Å². The fraction of sp³-hybridized carbons (Fsp3) is 0.500. The Morgan fingerprint density at radius 3 is 2.59 bits per heavy atom. The number of oxazole rings is 1. The van der Waals surface area contributed by atoms with Crippen molar-refractivity contribution in [2.45, 2.75) is 32.0 Å². The van der Waals surface area contributed by atoms with Crippen molar-refractivity contribution < 1.29 is 4.42 Å². The van der Waals surface area contributed by atoms with Crippen LogP contribution >= 0.6 is 15.9 Å². The fourth-order valence-electron chi connectivity index (χ4n) is 1.78. The van der Waals surface area contributed by atoms with Crippen LogP contribution in [0, 0.1) is 11.8 Å². The molecule has 0 aliphatic carbocycles. The van der Waals surface area contributed by atoms with Crippen molar-refractivity contribution in [1.29, 1.82) is 0 Å². The molecule has 1 heterocycles. The number of fused-ring (bicyclic) bond motifs is 1. The van der Waals surface area contributed by atoms with Crippen LogP contribution < -0.4 is 0 Å². The van der Waals surface area contributed by atoms with Crippen LogP contribution in [-0.2, 0) is 6.42 Å². The highest BCUT2D eigenvalue weighted by Crippen LogP contribution is 2.25. The molecular weight excluding hydrogens is 278 g/mol. The molecule has 0 radical (unpaired) electrons. The van der Waals surface area contributed by atoms with E-state index in [1.54, 1.807) is 0 Å². The summed E-state index contributed by atoms with van der Waals surface area (Å²) in [5.41, 5.74) is 1.82. The number of hydrogen-bond donors (Lipinski definition) is 0. The number of alkyl halides is 1. The van der Waals surface area contributed by atoms with E-state index >= 15 is 0 Å². The molecule has 2 rings (SSSR count). The maximum atomic E-state index is 5.73. The third-order valence-electron chi connectivity index (χ3n) is 3.33. The van der Waals surface area contributed by atoms with Gasteiger partial charge in [0.15, 0.2) is 11.5 Å². The Kier molecular flexibility index (Phi) is 3.87. The predicted octanol–water partition coefficient (Wildman–Crippen LogP) is 4.43. The largest absolute Gasteiger partial charge is 0.441 e. The van der Waals surface area contributed by atoms with Gasteiger partial charge in [-0.3, -0.25) is 0 Å². The molecular formula is C14H18BrNO. The van der Waals surface area contributed by atoms with Crippen LogP contribution in [0.3, 0.4) is 0 Å². The standard InChI is InChI=1S/C14H18BrNO/c1-9(2)10(3)11(15)8-14-16-12-6-4-5-7-13(12)17-14/h4-7,9-11H,8H2,1-3H3. The third kappa shape index (κ3) is 2.89. The summed E-state index contributed by atoms with van der Waals surface area (Å²) in [5.74, 6) is 2.08. The average molecular weight is 296 g/mol. The Morgan fingerprint density at radius 2 is 1.94 bits per heavy atom. The molecule has 2 nitrogen and oxygen atoms in total. The summed E-state index contributed by atoms with van der Waals surface area (Å²) in [5, 5.41) is 0. The summed E-state index contributed by atoms with van der Waals surface area (Å²) in [4.78, 5) is 4.91. The van der Waals surface area contributed by atoms with E-state index in [2.05, 4.69) is 41.7 Å². The van der Waals surface area contributed by atoms with Crippen molar-refractivity contribution >= 4 is 27.0 Å². The molecule has 1 aromatic carbocycles. The zero-order chi connectivity index (χ0) is 12.4. The van der Waals surface area contributed by atoms with Crippen molar-refractivity contribution in [3.63, 3.8) is 0 Å². The van der Waals surface area contributed by atoms with Gasteiger partial charge in [0.1, 0.15) is 5.52 Å². The molecule has 0 saturated heterocycles. The zero-order valence-electron chi connectivity index (χ0n) is 10.5. The van der Waals surface area contributed by atoms with Crippen LogP contribution in [0.5, 0.6) is 0 Å². The number of hydrogen-bond acceptors (Lipinski definition) is 2. The Hall–Kier alpha value is -0.830. The lowest BCUT2D eigenvalue weighted by Crippen LogP contribution is -2.19. The summed E-state index contributed by atoms with van der Waals surface area (Å²) < 4.78 is 5.73. The van der Waals surface area contributed by atoms with Gasteiger partial charge in [-0.05, 0) is 24.0 Å². The summed E-state index contributed by atoms with van der Waals surface area (Å²) in [6.07, 6.45) is 0.841. The molecule has 2 atom stereocenters. The number of rotatable bonds is 4. The van der Waals surface area contributed by atoms with Gasteiger partial charge < -0.3 is 4.42 Å². The molecule has 0 amide bonds. The minimum absolute atomic E-state index is 0.413. The van der Waals surface area contributed by atoms with Gasteiger partial charge in [0.2, 0.25) is 0 Å². The molecule has 0 aliphatic heterocycles. The van der Waals surface area contributed by atoms with Gasteiger partial charge >= 0.3 is 0 Å². The van der Waals surface area contributed by atoms with Crippen LogP contribution in [0.25, 0.3) is 11.1 Å². The van der Waals surface area contributed by atoms with Crippen molar-refractivity contribution in [3.05, 3.63) is 30.2 Å². The predicted molar refractivity (Wildman–Crippen MR) is 74.4 cm³/mol. The first-order chi connectivity index (χ1) is 8.08. The molecule has 0 bridgehead atoms. The lowest BCUT2D eigenvalue weighted by Gasteiger charge is -2.20. The van der Waals surface area contributed by atoms with Gasteiger partial charge in [-0.2, -0.15) is 0 Å². The Balaban J connectivity index is 2.13. The topological polar surface area (TPSA) is 26.0 Å². The second-order valence-electron chi connectivity index (χ2n) is 4.90. The minimum Gasteiger partial charge on any atom is -0.441 e. The summed E-state index contributed by atoms with van der Waals surface area (Å²) >= 11 is 3.74. The first-order valence-electron chi connectivity index (χ1n) is 6.06. The van der Waals surface area contributed by atoms with Gasteiger partial charge in [-0.25, -0.2) is 4.98 Å². The smallest absolute Gasteiger partial charge is 0.196 e. The van der Waals surface area contributed by atoms with E-state index in [0.29, 0.717) is 16.7 Å². The molecule has 17 heavy (non-hydrogen) atoms. The Morgan fingerprint density at radius 1 is 1.24 bits per heavy atom. The van der Waals surface area contributed by atoms with Crippen molar-refractivity contribution in [1.82, 2.24) is 4.98 Å². The molecule has 0 spiro atoms. The van der Waals surface area contributed by atoms with Gasteiger partial charge in [0.05, 0.1) is 0 Å². The maximum Gasteiger partial charge on any atom is 0.196 e. The first kappa shape index (κ1) is 12.6. The molecule has 2 unspecified atom stereocenters. The van der Waals surface area contributed by atoms with Gasteiger partial charge in [-0.15, -0.1) is 0 Å². The quantitative estimate of drug-likeness (QED) is 0.780. The van der Waals surface area contributed by atoms with E-state index in [0.717, 1.165) is 23.4 Å². The van der Waals surface area contributed by atoms with E-state index in [4.69, 9.17) is 4.42 Å². The highest BCUT2D eigenvalue weighted by molar-refractivity contribution is 9.09. The van der Waals surface area contributed by atoms with E-state index in [1.807, 2.05) is 24.3 Å². The number of aromatic nitrogens is 1.